The molecule has 2 amide bonds. The van der Waals surface area contributed by atoms with E-state index in [9.17, 15) is 18.4 Å². The Hall–Kier alpha value is -2.96. The van der Waals surface area contributed by atoms with Crippen LogP contribution in [0.5, 0.6) is 5.75 Å². The minimum atomic E-state index is -0.670. The number of carbonyl (C=O) groups is 2. The third-order valence-electron chi connectivity index (χ3n) is 4.60. The fraction of sp³-hybridized carbons (Fsp3) is 0.333. The first kappa shape index (κ1) is 19.8. The van der Waals surface area contributed by atoms with Crippen molar-refractivity contribution in [1.29, 1.82) is 0 Å². The summed E-state index contributed by atoms with van der Waals surface area (Å²) in [4.78, 5) is 25.5. The largest absolute Gasteiger partial charge is 0.491 e. The Morgan fingerprint density at radius 1 is 1.11 bits per heavy atom. The molecular weight excluding hydrogens is 366 g/mol. The van der Waals surface area contributed by atoms with Gasteiger partial charge < -0.3 is 15.0 Å². The van der Waals surface area contributed by atoms with Crippen LogP contribution in [0.25, 0.3) is 0 Å². The first-order chi connectivity index (χ1) is 13.4. The van der Waals surface area contributed by atoms with Crippen molar-refractivity contribution < 1.29 is 23.1 Å². The van der Waals surface area contributed by atoms with Gasteiger partial charge in [0.15, 0.2) is 0 Å². The zero-order valence-corrected chi connectivity index (χ0v) is 15.6. The van der Waals surface area contributed by atoms with Crippen LogP contribution >= 0.6 is 0 Å². The number of rotatable bonds is 5. The minimum Gasteiger partial charge on any atom is -0.491 e. The highest BCUT2D eigenvalue weighted by Gasteiger charge is 2.17. The van der Waals surface area contributed by atoms with Crippen LogP contribution in [0.4, 0.5) is 8.78 Å². The topological polar surface area (TPSA) is 58.6 Å². The van der Waals surface area contributed by atoms with Crippen molar-refractivity contribution in [3.05, 3.63) is 64.7 Å². The number of aryl methyl sites for hydroxylation is 1. The van der Waals surface area contributed by atoms with Crippen molar-refractivity contribution in [2.45, 2.75) is 32.9 Å². The highest BCUT2D eigenvalue weighted by atomic mass is 19.1. The normalized spacial score (nSPS) is 13.3. The third kappa shape index (κ3) is 5.28. The second-order valence-electron chi connectivity index (χ2n) is 6.79. The SMILES string of the molecule is CC(=O)N1CCOc2ccc(CCC(=O)NCc3cc(F)cc(F)c3)cc2C1. The molecule has 2 aromatic rings. The number of hydrogen-bond acceptors (Lipinski definition) is 3. The van der Waals surface area contributed by atoms with Crippen LogP contribution in [-0.4, -0.2) is 29.9 Å². The summed E-state index contributed by atoms with van der Waals surface area (Å²) in [6.45, 7) is 3.08. The van der Waals surface area contributed by atoms with Crippen molar-refractivity contribution in [2.24, 2.45) is 0 Å². The van der Waals surface area contributed by atoms with Crippen LogP contribution in [0.3, 0.4) is 0 Å². The molecule has 0 aliphatic carbocycles. The summed E-state index contributed by atoms with van der Waals surface area (Å²) in [7, 11) is 0. The molecule has 0 unspecified atom stereocenters. The highest BCUT2D eigenvalue weighted by Crippen LogP contribution is 2.25. The van der Waals surface area contributed by atoms with Gasteiger partial charge in [-0.1, -0.05) is 12.1 Å². The van der Waals surface area contributed by atoms with E-state index < -0.39 is 11.6 Å². The van der Waals surface area contributed by atoms with E-state index in [-0.39, 0.29) is 24.8 Å². The van der Waals surface area contributed by atoms with Gasteiger partial charge in [-0.3, -0.25) is 9.59 Å². The number of benzene rings is 2. The summed E-state index contributed by atoms with van der Waals surface area (Å²) in [6.07, 6.45) is 0.755. The molecule has 0 bridgehead atoms. The van der Waals surface area contributed by atoms with E-state index >= 15 is 0 Å². The molecule has 7 heteroatoms. The van der Waals surface area contributed by atoms with Gasteiger partial charge in [-0.25, -0.2) is 8.78 Å². The number of carbonyl (C=O) groups excluding carboxylic acids is 2. The Balaban J connectivity index is 1.55. The van der Waals surface area contributed by atoms with Crippen molar-refractivity contribution in [3.63, 3.8) is 0 Å². The molecule has 0 saturated carbocycles. The summed E-state index contributed by atoms with van der Waals surface area (Å²) in [6, 6.07) is 8.89. The molecule has 0 atom stereocenters. The van der Waals surface area contributed by atoms with E-state index in [1.165, 1.54) is 19.1 Å². The molecule has 1 N–H and O–H groups in total. The molecule has 1 heterocycles. The van der Waals surface area contributed by atoms with Gasteiger partial charge in [-0.05, 0) is 35.7 Å². The van der Waals surface area contributed by atoms with E-state index in [0.29, 0.717) is 31.7 Å². The second-order valence-corrected chi connectivity index (χ2v) is 6.79. The van der Waals surface area contributed by atoms with Gasteiger partial charge in [0.2, 0.25) is 11.8 Å². The van der Waals surface area contributed by atoms with Gasteiger partial charge in [0.1, 0.15) is 24.0 Å². The number of ether oxygens (including phenoxy) is 1. The lowest BCUT2D eigenvalue weighted by molar-refractivity contribution is -0.129. The molecule has 148 valence electrons. The van der Waals surface area contributed by atoms with E-state index in [4.69, 9.17) is 4.74 Å². The Morgan fingerprint density at radius 3 is 2.57 bits per heavy atom. The Labute approximate surface area is 162 Å². The molecule has 2 aromatic carbocycles. The van der Waals surface area contributed by atoms with Crippen LogP contribution in [0.2, 0.25) is 0 Å². The number of halogens is 2. The van der Waals surface area contributed by atoms with Crippen LogP contribution in [0, 0.1) is 11.6 Å². The van der Waals surface area contributed by atoms with Crippen molar-refractivity contribution in [2.75, 3.05) is 13.2 Å². The van der Waals surface area contributed by atoms with E-state index in [1.807, 2.05) is 18.2 Å². The lowest BCUT2D eigenvalue weighted by atomic mass is 10.0. The fourth-order valence-electron chi connectivity index (χ4n) is 3.13. The van der Waals surface area contributed by atoms with E-state index in [0.717, 1.165) is 22.9 Å². The number of hydrogen-bond donors (Lipinski definition) is 1. The van der Waals surface area contributed by atoms with Crippen LogP contribution in [0.15, 0.2) is 36.4 Å². The number of amides is 2. The predicted octanol–water partition coefficient (Wildman–Crippen LogP) is 2.95. The maximum atomic E-state index is 13.2. The fourth-order valence-corrected chi connectivity index (χ4v) is 3.13. The Bertz CT molecular complexity index is 866. The molecule has 3 rings (SSSR count). The maximum absolute atomic E-state index is 13.2. The van der Waals surface area contributed by atoms with Gasteiger partial charge in [0.05, 0.1) is 6.54 Å². The lowest BCUT2D eigenvalue weighted by Gasteiger charge is -2.17. The summed E-state index contributed by atoms with van der Waals surface area (Å²) >= 11 is 0. The maximum Gasteiger partial charge on any atom is 0.220 e. The molecule has 5 nitrogen and oxygen atoms in total. The summed E-state index contributed by atoms with van der Waals surface area (Å²) < 4.78 is 32.0. The predicted molar refractivity (Wildman–Crippen MR) is 99.6 cm³/mol. The van der Waals surface area contributed by atoms with Crippen LogP contribution in [0.1, 0.15) is 30.0 Å². The van der Waals surface area contributed by atoms with E-state index in [1.54, 1.807) is 4.90 Å². The zero-order valence-electron chi connectivity index (χ0n) is 15.6. The van der Waals surface area contributed by atoms with Gasteiger partial charge in [0, 0.05) is 38.1 Å². The summed E-state index contributed by atoms with van der Waals surface area (Å²) in [5.41, 5.74) is 2.25. The molecule has 0 fully saturated rings. The molecule has 0 spiro atoms. The van der Waals surface area contributed by atoms with Crippen LogP contribution in [-0.2, 0) is 29.1 Å². The summed E-state index contributed by atoms with van der Waals surface area (Å²) in [5.74, 6) is -0.798. The molecule has 28 heavy (non-hydrogen) atoms. The second kappa shape index (κ2) is 8.82. The van der Waals surface area contributed by atoms with Gasteiger partial charge in [0.25, 0.3) is 0 Å². The first-order valence-corrected chi connectivity index (χ1v) is 9.12. The average molecular weight is 388 g/mol. The number of fused-ring (bicyclic) bond motifs is 1. The smallest absolute Gasteiger partial charge is 0.220 e. The first-order valence-electron chi connectivity index (χ1n) is 9.12. The highest BCUT2D eigenvalue weighted by molar-refractivity contribution is 5.76. The van der Waals surface area contributed by atoms with Gasteiger partial charge in [-0.2, -0.15) is 0 Å². The van der Waals surface area contributed by atoms with Crippen molar-refractivity contribution in [1.82, 2.24) is 10.2 Å². The monoisotopic (exact) mass is 388 g/mol. The molecule has 0 aromatic heterocycles. The molecule has 1 aliphatic heterocycles. The van der Waals surface area contributed by atoms with Crippen molar-refractivity contribution in [3.8, 4) is 5.75 Å². The quantitative estimate of drug-likeness (QED) is 0.857. The molecule has 1 aliphatic rings. The number of nitrogens with one attached hydrogen (secondary N) is 1. The summed E-state index contributed by atoms with van der Waals surface area (Å²) in [5, 5.41) is 2.67. The molecular formula is C21H22F2N2O3. The Kier molecular flexibility index (Phi) is 6.23. The van der Waals surface area contributed by atoms with Gasteiger partial charge >= 0.3 is 0 Å². The zero-order chi connectivity index (χ0) is 20.1. The minimum absolute atomic E-state index is 0.00461. The molecule has 0 radical (unpaired) electrons. The lowest BCUT2D eigenvalue weighted by Crippen LogP contribution is -2.30. The van der Waals surface area contributed by atoms with Crippen molar-refractivity contribution >= 4 is 11.8 Å². The molecule has 0 saturated heterocycles. The van der Waals surface area contributed by atoms with Gasteiger partial charge in [-0.15, -0.1) is 0 Å². The number of nitrogens with zero attached hydrogens (tertiary/aromatic N) is 1. The van der Waals surface area contributed by atoms with E-state index in [2.05, 4.69) is 5.32 Å². The third-order valence-corrected chi connectivity index (χ3v) is 4.60. The van der Waals surface area contributed by atoms with Crippen LogP contribution < -0.4 is 10.1 Å². The standard InChI is InChI=1S/C21H22F2N2O3/c1-14(26)25-6-7-28-20-4-2-15(8-17(20)13-25)3-5-21(27)24-12-16-9-18(22)11-19(23)10-16/h2,4,8-11H,3,5-7,12-13H2,1H3,(H,24,27). The average Bonchev–Trinajstić information content (AvgIpc) is 2.86. The Morgan fingerprint density at radius 2 is 1.86 bits per heavy atom.